The fraction of sp³-hybridized carbons (Fsp3) is 0.800. The van der Waals surface area contributed by atoms with E-state index in [0.29, 0.717) is 6.61 Å². The smallest absolute Gasteiger partial charge is 0.469 e. The molecule has 0 aromatic heterocycles. The van der Waals surface area contributed by atoms with Crippen molar-refractivity contribution in [1.82, 2.24) is 0 Å². The molecule has 0 aliphatic carbocycles. The Morgan fingerprint density at radius 1 is 0.853 bits per heavy atom. The summed E-state index contributed by atoms with van der Waals surface area (Å²) in [5.41, 5.74) is -0.303. The van der Waals surface area contributed by atoms with Gasteiger partial charge in [0.2, 0.25) is 0 Å². The Morgan fingerprint density at radius 3 is 1.53 bits per heavy atom. The number of ether oxygens (including phenoxy) is 1. The lowest BCUT2D eigenvalue weighted by Crippen LogP contribution is -2.60. The summed E-state index contributed by atoms with van der Waals surface area (Å²) in [5.74, 6) is -2.44. The molecule has 0 bridgehead atoms. The van der Waals surface area contributed by atoms with Crippen LogP contribution in [0.2, 0.25) is 65.0 Å². The molecule has 0 amide bonds. The average molecular weight is 559 g/mol. The lowest BCUT2D eigenvalue weighted by Gasteiger charge is -2.42. The Morgan fingerprint density at radius 2 is 1.26 bits per heavy atom. The van der Waals surface area contributed by atoms with Gasteiger partial charge in [0.05, 0.1) is 19.6 Å². The quantitative estimate of drug-likeness (QED) is 0.126. The van der Waals surface area contributed by atoms with Gasteiger partial charge in [0.1, 0.15) is 6.10 Å². The highest BCUT2D eigenvalue weighted by molar-refractivity contribution is 6.90. The normalized spacial score (nSPS) is 13.6. The van der Waals surface area contributed by atoms with Gasteiger partial charge in [-0.05, 0) is 65.3 Å². The van der Waals surface area contributed by atoms with Gasteiger partial charge in [0, 0.05) is 18.2 Å². The standard InChI is InChI=1S/C15H40O6Si4.C5H6O4/c1-22(2,3)19-25(20-23(4,5)6,21-24(7,8)9)12-10-11-18-14-15(17)13-16;1-3(5(8)9)2-4(6)7/h15-17H,10-14H2,1-9H3;1-2H2,(H,6,7)(H,8,9). The minimum atomic E-state index is -2.79. The monoisotopic (exact) mass is 558 g/mol. The maximum Gasteiger partial charge on any atom is 0.469 e. The third kappa shape index (κ3) is 21.8. The molecule has 1 unspecified atom stereocenters. The number of hydrogen-bond acceptors (Lipinski definition) is 8. The first-order valence-electron chi connectivity index (χ1n) is 11.2. The highest BCUT2D eigenvalue weighted by Gasteiger charge is 2.49. The van der Waals surface area contributed by atoms with E-state index in [1.807, 2.05) is 0 Å². The third-order valence-electron chi connectivity index (χ3n) is 3.34. The molecular formula is C20H46O10Si4. The summed E-state index contributed by atoms with van der Waals surface area (Å²) in [5, 5.41) is 34.3. The van der Waals surface area contributed by atoms with E-state index in [9.17, 15) is 14.7 Å². The van der Waals surface area contributed by atoms with Crippen molar-refractivity contribution in [2.24, 2.45) is 0 Å². The van der Waals surface area contributed by atoms with Crippen LogP contribution in [0, 0.1) is 0 Å². The van der Waals surface area contributed by atoms with Gasteiger partial charge in [-0.25, -0.2) is 4.79 Å². The SMILES string of the molecule is C=C(CC(=O)O)C(=O)O.C[Si](C)(C)O[Si](CCCOCC(O)CO)(O[Si](C)(C)C)O[Si](C)(C)C. The van der Waals surface area contributed by atoms with Crippen molar-refractivity contribution < 1.29 is 47.1 Å². The zero-order valence-electron chi connectivity index (χ0n) is 22.3. The molecule has 0 rings (SSSR count). The first-order valence-corrected chi connectivity index (χ1v) is 23.4. The zero-order valence-corrected chi connectivity index (χ0v) is 26.3. The summed E-state index contributed by atoms with van der Waals surface area (Å²) in [7, 11) is -8.32. The second-order valence-corrected chi connectivity index (χ2v) is 27.8. The lowest BCUT2D eigenvalue weighted by atomic mass is 10.2. The fourth-order valence-electron chi connectivity index (χ4n) is 2.54. The van der Waals surface area contributed by atoms with Gasteiger partial charge in [-0.15, -0.1) is 0 Å². The van der Waals surface area contributed by atoms with E-state index in [2.05, 4.69) is 65.5 Å². The summed E-state index contributed by atoms with van der Waals surface area (Å²) >= 11 is 0. The van der Waals surface area contributed by atoms with E-state index in [1.165, 1.54) is 0 Å². The van der Waals surface area contributed by atoms with Crippen molar-refractivity contribution in [3.05, 3.63) is 12.2 Å². The molecule has 0 heterocycles. The number of aliphatic carboxylic acids is 2. The molecule has 0 aliphatic heterocycles. The molecule has 14 heteroatoms. The predicted molar refractivity (Wildman–Crippen MR) is 141 cm³/mol. The number of rotatable bonds is 16. The van der Waals surface area contributed by atoms with E-state index in [-0.39, 0.29) is 18.8 Å². The number of carbonyl (C=O) groups is 2. The molecule has 34 heavy (non-hydrogen) atoms. The summed E-state index contributed by atoms with van der Waals surface area (Å²) in [4.78, 5) is 19.7. The van der Waals surface area contributed by atoms with Crippen LogP contribution in [0.15, 0.2) is 12.2 Å². The number of carboxylic acid groups (broad SMARTS) is 2. The van der Waals surface area contributed by atoms with Crippen molar-refractivity contribution in [2.75, 3.05) is 19.8 Å². The van der Waals surface area contributed by atoms with Crippen molar-refractivity contribution in [1.29, 1.82) is 0 Å². The van der Waals surface area contributed by atoms with E-state index < -0.39 is 58.2 Å². The summed E-state index contributed by atoms with van der Waals surface area (Å²) < 4.78 is 25.2. The molecule has 0 radical (unpaired) electrons. The summed E-state index contributed by atoms with van der Waals surface area (Å²) in [6.45, 7) is 22.9. The van der Waals surface area contributed by atoms with Crippen LogP contribution in [0.1, 0.15) is 12.8 Å². The number of aliphatic hydroxyl groups is 2. The largest absolute Gasteiger partial charge is 0.481 e. The molecule has 0 spiro atoms. The van der Waals surface area contributed by atoms with Crippen molar-refractivity contribution >= 4 is 45.7 Å². The molecule has 0 aromatic carbocycles. The number of carboxylic acids is 2. The van der Waals surface area contributed by atoms with Crippen molar-refractivity contribution in [3.63, 3.8) is 0 Å². The maximum absolute atomic E-state index is 9.87. The molecule has 4 N–H and O–H groups in total. The van der Waals surface area contributed by atoms with Crippen LogP contribution in [0.25, 0.3) is 0 Å². The Hall–Kier alpha value is -0.692. The van der Waals surface area contributed by atoms with E-state index >= 15 is 0 Å². The molecule has 0 aliphatic rings. The third-order valence-corrected chi connectivity index (χ3v) is 15.4. The predicted octanol–water partition coefficient (Wildman–Crippen LogP) is 3.34. The topological polar surface area (TPSA) is 152 Å². The van der Waals surface area contributed by atoms with Crippen LogP contribution in [-0.2, 0) is 26.7 Å². The maximum atomic E-state index is 9.87. The van der Waals surface area contributed by atoms with Crippen LogP contribution in [0.5, 0.6) is 0 Å². The number of aliphatic hydroxyl groups excluding tert-OH is 2. The second-order valence-electron chi connectivity index (χ2n) is 10.8. The van der Waals surface area contributed by atoms with Crippen LogP contribution in [0.3, 0.4) is 0 Å². The molecule has 0 saturated carbocycles. The lowest BCUT2D eigenvalue weighted by molar-refractivity contribution is -0.139. The Bertz CT molecular complexity index is 598. The highest BCUT2D eigenvalue weighted by atomic mass is 28.5. The molecule has 0 saturated heterocycles. The molecule has 1 atom stereocenters. The van der Waals surface area contributed by atoms with Gasteiger partial charge in [0.25, 0.3) is 0 Å². The van der Waals surface area contributed by atoms with Gasteiger partial charge in [0.15, 0.2) is 25.0 Å². The molecule has 202 valence electrons. The van der Waals surface area contributed by atoms with Gasteiger partial charge < -0.3 is 37.5 Å². The van der Waals surface area contributed by atoms with Crippen LogP contribution < -0.4 is 0 Å². The molecular weight excluding hydrogens is 513 g/mol. The average Bonchev–Trinajstić information content (AvgIpc) is 2.56. The van der Waals surface area contributed by atoms with E-state index in [4.69, 9.17) is 32.4 Å². The molecule has 10 nitrogen and oxygen atoms in total. The van der Waals surface area contributed by atoms with Crippen LogP contribution in [-0.4, -0.2) is 92.0 Å². The minimum Gasteiger partial charge on any atom is -0.481 e. The fourth-order valence-corrected chi connectivity index (χ4v) is 17.2. The van der Waals surface area contributed by atoms with Gasteiger partial charge in [-0.1, -0.05) is 6.58 Å². The first kappa shape index (κ1) is 35.5. The molecule has 0 fully saturated rings. The van der Waals surface area contributed by atoms with Gasteiger partial charge in [-0.2, -0.15) is 0 Å². The van der Waals surface area contributed by atoms with E-state index in [1.54, 1.807) is 0 Å². The summed E-state index contributed by atoms with van der Waals surface area (Å²) in [6.07, 6.45) is -0.573. The van der Waals surface area contributed by atoms with Gasteiger partial charge >= 0.3 is 20.7 Å². The van der Waals surface area contributed by atoms with Crippen LogP contribution in [0.4, 0.5) is 0 Å². The van der Waals surface area contributed by atoms with Crippen LogP contribution >= 0.6 is 0 Å². The Balaban J connectivity index is 0. The van der Waals surface area contributed by atoms with Crippen molar-refractivity contribution in [3.8, 4) is 0 Å². The zero-order chi connectivity index (χ0) is 27.4. The Kier molecular flexibility index (Phi) is 16.1. The molecule has 0 aromatic rings. The summed E-state index contributed by atoms with van der Waals surface area (Å²) in [6, 6.07) is 0.723. The van der Waals surface area contributed by atoms with Gasteiger partial charge in [-0.3, -0.25) is 4.79 Å². The van der Waals surface area contributed by atoms with E-state index in [0.717, 1.165) is 12.5 Å². The number of hydrogen-bond donors (Lipinski definition) is 4. The van der Waals surface area contributed by atoms with Crippen molar-refractivity contribution in [2.45, 2.75) is 83.9 Å². The first-order chi connectivity index (χ1) is 15.1. The Labute approximate surface area is 208 Å². The highest BCUT2D eigenvalue weighted by Crippen LogP contribution is 2.29. The second kappa shape index (κ2) is 15.4. The minimum absolute atomic E-state index is 0.143.